The molecule has 0 bridgehead atoms. The van der Waals surface area contributed by atoms with E-state index < -0.39 is 0 Å². The SMILES string of the molecule is O[C@@H]1CNC[C@H]1N1CC2(COC2)C1. The molecule has 0 aliphatic carbocycles. The van der Waals surface area contributed by atoms with Crippen molar-refractivity contribution in [1.29, 1.82) is 0 Å². The van der Waals surface area contributed by atoms with Crippen LogP contribution in [0.25, 0.3) is 0 Å². The molecule has 0 unspecified atom stereocenters. The van der Waals surface area contributed by atoms with Crippen LogP contribution in [-0.4, -0.2) is 61.5 Å². The molecule has 3 saturated heterocycles. The van der Waals surface area contributed by atoms with Crippen LogP contribution >= 0.6 is 0 Å². The molecule has 4 nitrogen and oxygen atoms in total. The fourth-order valence-electron chi connectivity index (χ4n) is 2.65. The molecule has 2 atom stereocenters. The van der Waals surface area contributed by atoms with E-state index in [-0.39, 0.29) is 6.10 Å². The Morgan fingerprint density at radius 1 is 1.31 bits per heavy atom. The van der Waals surface area contributed by atoms with E-state index in [0.717, 1.165) is 39.4 Å². The van der Waals surface area contributed by atoms with Gasteiger partial charge in [-0.2, -0.15) is 0 Å². The maximum absolute atomic E-state index is 9.65. The van der Waals surface area contributed by atoms with Gasteiger partial charge in [0.15, 0.2) is 0 Å². The minimum Gasteiger partial charge on any atom is -0.390 e. The van der Waals surface area contributed by atoms with E-state index in [9.17, 15) is 5.11 Å². The van der Waals surface area contributed by atoms with Crippen molar-refractivity contribution in [2.24, 2.45) is 5.41 Å². The average Bonchev–Trinajstić information content (AvgIpc) is 2.30. The number of nitrogens with one attached hydrogen (secondary N) is 1. The Labute approximate surface area is 77.9 Å². The van der Waals surface area contributed by atoms with Crippen molar-refractivity contribution in [3.8, 4) is 0 Å². The number of ether oxygens (including phenoxy) is 1. The number of rotatable bonds is 1. The van der Waals surface area contributed by atoms with Gasteiger partial charge in [0, 0.05) is 37.6 Å². The summed E-state index contributed by atoms with van der Waals surface area (Å²) in [5, 5.41) is 12.9. The largest absolute Gasteiger partial charge is 0.390 e. The van der Waals surface area contributed by atoms with Crippen LogP contribution in [0.3, 0.4) is 0 Å². The second kappa shape index (κ2) is 2.67. The molecule has 2 N–H and O–H groups in total. The lowest BCUT2D eigenvalue weighted by molar-refractivity contribution is -0.202. The Kier molecular flexibility index (Phi) is 1.68. The topological polar surface area (TPSA) is 44.7 Å². The fourth-order valence-corrected chi connectivity index (χ4v) is 2.65. The molecule has 1 spiro atoms. The molecule has 3 aliphatic heterocycles. The molecule has 0 amide bonds. The first-order valence-corrected chi connectivity index (χ1v) is 5.00. The van der Waals surface area contributed by atoms with Crippen molar-refractivity contribution in [2.75, 3.05) is 39.4 Å². The Balaban J connectivity index is 1.57. The van der Waals surface area contributed by atoms with Gasteiger partial charge in [0.25, 0.3) is 0 Å². The number of β-amino-alcohol motifs (C(OH)–C–C–N with tert-alkyl or cyclic N) is 1. The van der Waals surface area contributed by atoms with Gasteiger partial charge in [-0.25, -0.2) is 0 Å². The van der Waals surface area contributed by atoms with Gasteiger partial charge in [-0.3, -0.25) is 4.90 Å². The molecule has 0 aromatic rings. The van der Waals surface area contributed by atoms with Crippen molar-refractivity contribution in [1.82, 2.24) is 10.2 Å². The van der Waals surface area contributed by atoms with Gasteiger partial charge in [-0.1, -0.05) is 0 Å². The zero-order valence-electron chi connectivity index (χ0n) is 7.70. The Bertz CT molecular complexity index is 210. The second-order valence-electron chi connectivity index (χ2n) is 4.69. The molecule has 4 heteroatoms. The van der Waals surface area contributed by atoms with Crippen LogP contribution in [0.1, 0.15) is 0 Å². The van der Waals surface area contributed by atoms with Gasteiger partial charge in [0.1, 0.15) is 0 Å². The van der Waals surface area contributed by atoms with Crippen molar-refractivity contribution in [3.05, 3.63) is 0 Å². The third-order valence-electron chi connectivity index (χ3n) is 3.51. The highest BCUT2D eigenvalue weighted by Gasteiger charge is 2.52. The summed E-state index contributed by atoms with van der Waals surface area (Å²) in [6.07, 6.45) is -0.168. The van der Waals surface area contributed by atoms with Crippen LogP contribution in [0, 0.1) is 5.41 Å². The molecular formula is C9H16N2O2. The summed E-state index contributed by atoms with van der Waals surface area (Å²) in [7, 11) is 0. The van der Waals surface area contributed by atoms with E-state index in [1.54, 1.807) is 0 Å². The minimum absolute atomic E-state index is 0.168. The van der Waals surface area contributed by atoms with Gasteiger partial charge in [0.2, 0.25) is 0 Å². The number of aliphatic hydroxyl groups is 1. The smallest absolute Gasteiger partial charge is 0.0831 e. The van der Waals surface area contributed by atoms with Gasteiger partial charge in [-0.05, 0) is 0 Å². The summed E-state index contributed by atoms with van der Waals surface area (Å²) < 4.78 is 5.21. The number of likely N-dealkylation sites (tertiary alicyclic amines) is 1. The standard InChI is InChI=1S/C9H16N2O2/c12-8-2-10-1-7(8)11-3-9(4-11)5-13-6-9/h7-8,10,12H,1-6H2/t7-,8-/m1/s1. The molecule has 3 fully saturated rings. The molecule has 0 aromatic carbocycles. The number of aliphatic hydroxyl groups excluding tert-OH is 1. The number of hydrogen-bond donors (Lipinski definition) is 2. The Morgan fingerprint density at radius 3 is 2.54 bits per heavy atom. The van der Waals surface area contributed by atoms with E-state index in [0.29, 0.717) is 11.5 Å². The molecule has 74 valence electrons. The summed E-state index contributed by atoms with van der Waals surface area (Å²) in [6, 6.07) is 0.353. The van der Waals surface area contributed by atoms with Crippen LogP contribution in [0.4, 0.5) is 0 Å². The first-order valence-electron chi connectivity index (χ1n) is 5.00. The summed E-state index contributed by atoms with van der Waals surface area (Å²) in [5.41, 5.74) is 0.475. The second-order valence-corrected chi connectivity index (χ2v) is 4.69. The molecule has 0 saturated carbocycles. The van der Waals surface area contributed by atoms with Crippen molar-refractivity contribution in [3.63, 3.8) is 0 Å². The number of nitrogens with zero attached hydrogens (tertiary/aromatic N) is 1. The molecular weight excluding hydrogens is 168 g/mol. The molecule has 13 heavy (non-hydrogen) atoms. The molecule has 0 radical (unpaired) electrons. The molecule has 3 rings (SSSR count). The predicted octanol–water partition coefficient (Wildman–Crippen LogP) is -1.35. The van der Waals surface area contributed by atoms with Crippen molar-refractivity contribution < 1.29 is 9.84 Å². The summed E-state index contributed by atoms with van der Waals surface area (Å²) >= 11 is 0. The lowest BCUT2D eigenvalue weighted by atomic mass is 9.77. The summed E-state index contributed by atoms with van der Waals surface area (Å²) in [6.45, 7) is 5.80. The summed E-state index contributed by atoms with van der Waals surface area (Å²) in [4.78, 5) is 2.38. The van der Waals surface area contributed by atoms with E-state index in [1.807, 2.05) is 0 Å². The normalized spacial score (nSPS) is 43.2. The van der Waals surface area contributed by atoms with E-state index in [2.05, 4.69) is 10.2 Å². The number of hydrogen-bond acceptors (Lipinski definition) is 4. The highest BCUT2D eigenvalue weighted by molar-refractivity contribution is 5.04. The van der Waals surface area contributed by atoms with Crippen LogP contribution in [0.5, 0.6) is 0 Å². The van der Waals surface area contributed by atoms with E-state index in [4.69, 9.17) is 4.74 Å². The van der Waals surface area contributed by atoms with Gasteiger partial charge in [-0.15, -0.1) is 0 Å². The van der Waals surface area contributed by atoms with Crippen LogP contribution < -0.4 is 5.32 Å². The Morgan fingerprint density at radius 2 is 2.08 bits per heavy atom. The van der Waals surface area contributed by atoms with Gasteiger partial charge < -0.3 is 15.2 Å². The minimum atomic E-state index is -0.168. The average molecular weight is 184 g/mol. The lowest BCUT2D eigenvalue weighted by Gasteiger charge is -2.57. The van der Waals surface area contributed by atoms with E-state index >= 15 is 0 Å². The summed E-state index contributed by atoms with van der Waals surface area (Å²) in [5.74, 6) is 0. The maximum atomic E-state index is 9.65. The van der Waals surface area contributed by atoms with Crippen molar-refractivity contribution >= 4 is 0 Å². The van der Waals surface area contributed by atoms with Crippen LogP contribution in [0.2, 0.25) is 0 Å². The van der Waals surface area contributed by atoms with Crippen LogP contribution in [-0.2, 0) is 4.74 Å². The molecule has 3 aliphatic rings. The maximum Gasteiger partial charge on any atom is 0.0831 e. The van der Waals surface area contributed by atoms with Crippen LogP contribution in [0.15, 0.2) is 0 Å². The quantitative estimate of drug-likeness (QED) is 0.529. The van der Waals surface area contributed by atoms with Gasteiger partial charge in [0.05, 0.1) is 19.3 Å². The van der Waals surface area contributed by atoms with E-state index in [1.165, 1.54) is 0 Å². The lowest BCUT2D eigenvalue weighted by Crippen LogP contribution is -2.69. The highest BCUT2D eigenvalue weighted by Crippen LogP contribution is 2.39. The molecule has 0 aromatic heterocycles. The van der Waals surface area contributed by atoms with Crippen molar-refractivity contribution in [2.45, 2.75) is 12.1 Å². The Hall–Kier alpha value is -0.160. The third kappa shape index (κ3) is 1.13. The highest BCUT2D eigenvalue weighted by atomic mass is 16.5. The predicted molar refractivity (Wildman–Crippen MR) is 47.5 cm³/mol. The molecule has 3 heterocycles. The first-order chi connectivity index (χ1) is 6.29. The zero-order chi connectivity index (χ0) is 8.89. The monoisotopic (exact) mass is 184 g/mol. The third-order valence-corrected chi connectivity index (χ3v) is 3.51. The van der Waals surface area contributed by atoms with Gasteiger partial charge >= 0.3 is 0 Å². The fraction of sp³-hybridized carbons (Fsp3) is 1.00. The zero-order valence-corrected chi connectivity index (χ0v) is 7.70. The first kappa shape index (κ1) is 8.17.